The molecule has 0 amide bonds. The lowest BCUT2D eigenvalue weighted by Gasteiger charge is -2.15. The Morgan fingerprint density at radius 1 is 1.32 bits per heavy atom. The van der Waals surface area contributed by atoms with Gasteiger partial charge in [0.2, 0.25) is 0 Å². The van der Waals surface area contributed by atoms with Crippen LogP contribution in [0.3, 0.4) is 0 Å². The lowest BCUT2D eigenvalue weighted by Crippen LogP contribution is -2.10. The molecular formula is C17H21N3O2. The van der Waals surface area contributed by atoms with Gasteiger partial charge in [0.25, 0.3) is 0 Å². The van der Waals surface area contributed by atoms with Crippen LogP contribution in [0.5, 0.6) is 0 Å². The minimum atomic E-state index is -0.330. The average molecular weight is 299 g/mol. The van der Waals surface area contributed by atoms with Crippen LogP contribution >= 0.6 is 0 Å². The number of hydrogen-bond acceptors (Lipinski definition) is 4. The Kier molecular flexibility index (Phi) is 4.13. The lowest BCUT2D eigenvalue weighted by molar-refractivity contribution is 0.0601. The van der Waals surface area contributed by atoms with Gasteiger partial charge in [-0.15, -0.1) is 0 Å². The topological polar surface area (TPSA) is 56.1 Å². The van der Waals surface area contributed by atoms with Crippen LogP contribution in [-0.4, -0.2) is 22.9 Å². The summed E-state index contributed by atoms with van der Waals surface area (Å²) in [5, 5.41) is 8.01. The summed E-state index contributed by atoms with van der Waals surface area (Å²) in [6, 6.07) is 9.85. The molecule has 22 heavy (non-hydrogen) atoms. The zero-order valence-corrected chi connectivity index (χ0v) is 13.0. The third-order valence-electron chi connectivity index (χ3n) is 4.08. The van der Waals surface area contributed by atoms with E-state index in [1.165, 1.54) is 32.8 Å². The first-order valence-corrected chi connectivity index (χ1v) is 7.69. The van der Waals surface area contributed by atoms with Gasteiger partial charge in [0, 0.05) is 11.8 Å². The number of methoxy groups -OCH3 is 1. The number of aromatic nitrogens is 2. The van der Waals surface area contributed by atoms with Crippen molar-refractivity contribution in [2.45, 2.75) is 38.6 Å². The molecule has 1 aliphatic rings. The van der Waals surface area contributed by atoms with Crippen molar-refractivity contribution in [2.24, 2.45) is 0 Å². The molecule has 0 spiro atoms. The number of anilines is 2. The highest BCUT2D eigenvalue weighted by atomic mass is 16.5. The summed E-state index contributed by atoms with van der Waals surface area (Å²) in [5.41, 5.74) is 2.40. The van der Waals surface area contributed by atoms with Crippen LogP contribution in [0.25, 0.3) is 0 Å². The van der Waals surface area contributed by atoms with Gasteiger partial charge in [-0.2, -0.15) is 5.10 Å². The molecule has 2 aromatic rings. The number of hydrogen-bond donors (Lipinski definition) is 1. The molecule has 1 fully saturated rings. The minimum absolute atomic E-state index is 0.330. The van der Waals surface area contributed by atoms with Crippen molar-refractivity contribution in [3.63, 3.8) is 0 Å². The van der Waals surface area contributed by atoms with E-state index in [9.17, 15) is 4.79 Å². The number of rotatable bonds is 4. The quantitative estimate of drug-likeness (QED) is 0.872. The summed E-state index contributed by atoms with van der Waals surface area (Å²) >= 11 is 0. The van der Waals surface area contributed by atoms with E-state index < -0.39 is 0 Å². The van der Waals surface area contributed by atoms with Crippen molar-refractivity contribution in [1.82, 2.24) is 9.78 Å². The summed E-state index contributed by atoms with van der Waals surface area (Å²) in [6.07, 6.45) is 4.89. The SMILES string of the molecule is COC(=O)c1cccc(Nc2cc(C)nn2C2CCCC2)c1. The highest BCUT2D eigenvalue weighted by molar-refractivity contribution is 5.90. The van der Waals surface area contributed by atoms with Crippen LogP contribution in [0.4, 0.5) is 11.5 Å². The molecule has 1 saturated carbocycles. The first-order valence-electron chi connectivity index (χ1n) is 7.69. The second-order valence-electron chi connectivity index (χ2n) is 5.75. The van der Waals surface area contributed by atoms with Crippen LogP contribution < -0.4 is 5.32 Å². The Bertz CT molecular complexity index is 672. The minimum Gasteiger partial charge on any atom is -0.465 e. The van der Waals surface area contributed by atoms with Crippen LogP contribution in [-0.2, 0) is 4.74 Å². The molecule has 3 rings (SSSR count). The normalized spacial score (nSPS) is 15.0. The van der Waals surface area contributed by atoms with E-state index in [4.69, 9.17) is 4.74 Å². The molecule has 1 N–H and O–H groups in total. The Morgan fingerprint density at radius 3 is 2.82 bits per heavy atom. The number of esters is 1. The predicted molar refractivity (Wildman–Crippen MR) is 85.5 cm³/mol. The molecule has 0 aliphatic heterocycles. The number of nitrogens with one attached hydrogen (secondary N) is 1. The standard InChI is InChI=1S/C17H21N3O2/c1-12-10-16(20(19-12)15-8-3-4-9-15)18-14-7-5-6-13(11-14)17(21)22-2/h5-7,10-11,15,18H,3-4,8-9H2,1-2H3. The third kappa shape index (κ3) is 2.98. The van der Waals surface area contributed by atoms with Crippen molar-refractivity contribution in [3.05, 3.63) is 41.6 Å². The number of aryl methyl sites for hydroxylation is 1. The van der Waals surface area contributed by atoms with Crippen LogP contribution in [0.15, 0.2) is 30.3 Å². The van der Waals surface area contributed by atoms with E-state index in [1.54, 1.807) is 12.1 Å². The second kappa shape index (κ2) is 6.22. The summed E-state index contributed by atoms with van der Waals surface area (Å²) in [6.45, 7) is 2.00. The fraction of sp³-hybridized carbons (Fsp3) is 0.412. The van der Waals surface area contributed by atoms with Gasteiger partial charge >= 0.3 is 5.97 Å². The summed E-state index contributed by atoms with van der Waals surface area (Å²) in [7, 11) is 1.39. The molecule has 1 aliphatic carbocycles. The van der Waals surface area contributed by atoms with Gasteiger partial charge < -0.3 is 10.1 Å². The van der Waals surface area contributed by atoms with Crippen molar-refractivity contribution in [3.8, 4) is 0 Å². The molecule has 5 nitrogen and oxygen atoms in total. The van der Waals surface area contributed by atoms with Gasteiger partial charge in [-0.05, 0) is 38.0 Å². The molecular weight excluding hydrogens is 278 g/mol. The number of ether oxygens (including phenoxy) is 1. The number of carbonyl (C=O) groups excluding carboxylic acids is 1. The maximum atomic E-state index is 11.6. The van der Waals surface area contributed by atoms with Crippen molar-refractivity contribution in [1.29, 1.82) is 0 Å². The van der Waals surface area contributed by atoms with E-state index in [0.29, 0.717) is 11.6 Å². The molecule has 1 aromatic heterocycles. The van der Waals surface area contributed by atoms with Crippen molar-refractivity contribution >= 4 is 17.5 Å². The van der Waals surface area contributed by atoms with E-state index in [1.807, 2.05) is 25.1 Å². The molecule has 1 aromatic carbocycles. The first-order chi connectivity index (χ1) is 10.7. The van der Waals surface area contributed by atoms with Gasteiger partial charge in [0.1, 0.15) is 5.82 Å². The molecule has 0 saturated heterocycles. The Labute approximate surface area is 130 Å². The molecule has 0 atom stereocenters. The molecule has 0 unspecified atom stereocenters. The van der Waals surface area contributed by atoms with Crippen molar-refractivity contribution < 1.29 is 9.53 Å². The molecule has 0 bridgehead atoms. The predicted octanol–water partition coefficient (Wildman–Crippen LogP) is 3.84. The highest BCUT2D eigenvalue weighted by Gasteiger charge is 2.20. The fourth-order valence-electron chi connectivity index (χ4n) is 3.03. The number of nitrogens with zero attached hydrogens (tertiary/aromatic N) is 2. The zero-order chi connectivity index (χ0) is 15.5. The fourth-order valence-corrected chi connectivity index (χ4v) is 3.03. The maximum absolute atomic E-state index is 11.6. The molecule has 1 heterocycles. The maximum Gasteiger partial charge on any atom is 0.337 e. The Hall–Kier alpha value is -2.30. The van der Waals surface area contributed by atoms with Gasteiger partial charge in [-0.25, -0.2) is 9.48 Å². The average Bonchev–Trinajstić information content (AvgIpc) is 3.16. The Morgan fingerprint density at radius 2 is 2.09 bits per heavy atom. The van der Waals surface area contributed by atoms with E-state index in [2.05, 4.69) is 15.1 Å². The Balaban J connectivity index is 1.85. The van der Waals surface area contributed by atoms with E-state index in [-0.39, 0.29) is 5.97 Å². The van der Waals surface area contributed by atoms with Crippen LogP contribution in [0.2, 0.25) is 0 Å². The van der Waals surface area contributed by atoms with E-state index >= 15 is 0 Å². The van der Waals surface area contributed by atoms with Gasteiger partial charge in [-0.1, -0.05) is 18.9 Å². The van der Waals surface area contributed by atoms with Gasteiger partial charge in [-0.3, -0.25) is 0 Å². The molecule has 0 radical (unpaired) electrons. The summed E-state index contributed by atoms with van der Waals surface area (Å²) < 4.78 is 6.86. The third-order valence-corrected chi connectivity index (χ3v) is 4.08. The largest absolute Gasteiger partial charge is 0.465 e. The first kappa shape index (κ1) is 14.6. The van der Waals surface area contributed by atoms with E-state index in [0.717, 1.165) is 17.2 Å². The smallest absolute Gasteiger partial charge is 0.337 e. The van der Waals surface area contributed by atoms with Crippen molar-refractivity contribution in [2.75, 3.05) is 12.4 Å². The second-order valence-corrected chi connectivity index (χ2v) is 5.75. The zero-order valence-electron chi connectivity index (χ0n) is 13.0. The summed E-state index contributed by atoms with van der Waals surface area (Å²) in [4.78, 5) is 11.6. The highest BCUT2D eigenvalue weighted by Crippen LogP contribution is 2.32. The summed E-state index contributed by atoms with van der Waals surface area (Å²) in [5.74, 6) is 0.649. The molecule has 116 valence electrons. The molecule has 5 heteroatoms. The lowest BCUT2D eigenvalue weighted by atomic mass is 10.2. The van der Waals surface area contributed by atoms with Crippen LogP contribution in [0, 0.1) is 6.92 Å². The monoisotopic (exact) mass is 299 g/mol. The van der Waals surface area contributed by atoms with Gasteiger partial charge in [0.15, 0.2) is 0 Å². The number of carbonyl (C=O) groups is 1. The van der Waals surface area contributed by atoms with Crippen LogP contribution in [0.1, 0.15) is 47.8 Å². The van der Waals surface area contributed by atoms with Gasteiger partial charge in [0.05, 0.1) is 24.4 Å². The number of benzene rings is 1.